The second-order valence-electron chi connectivity index (χ2n) is 11.1. The lowest BCUT2D eigenvalue weighted by molar-refractivity contribution is -0.159. The Balaban J connectivity index is 0.000000169. The predicted molar refractivity (Wildman–Crippen MR) is 114 cm³/mol. The van der Waals surface area contributed by atoms with E-state index in [-0.39, 0.29) is 22.4 Å². The summed E-state index contributed by atoms with van der Waals surface area (Å²) in [4.78, 5) is 22.9. The molecule has 0 aromatic rings. The zero-order chi connectivity index (χ0) is 21.5. The zero-order valence-corrected chi connectivity index (χ0v) is 18.7. The van der Waals surface area contributed by atoms with Crippen molar-refractivity contribution in [3.63, 3.8) is 0 Å². The Morgan fingerprint density at radius 2 is 1.38 bits per heavy atom. The maximum absolute atomic E-state index is 11.6. The Bertz CT molecular complexity index is 684. The van der Waals surface area contributed by atoms with Gasteiger partial charge in [-0.3, -0.25) is 9.59 Å². The van der Waals surface area contributed by atoms with Crippen LogP contribution in [-0.2, 0) is 9.59 Å². The van der Waals surface area contributed by atoms with Crippen molar-refractivity contribution in [2.45, 2.75) is 115 Å². The number of aliphatic hydroxyl groups is 2. The van der Waals surface area contributed by atoms with E-state index >= 15 is 0 Å². The lowest BCUT2D eigenvalue weighted by Gasteiger charge is -2.53. The summed E-state index contributed by atoms with van der Waals surface area (Å²) in [5, 5.41) is 21.2. The van der Waals surface area contributed by atoms with Crippen LogP contribution in [0.1, 0.15) is 104 Å². The first-order valence-corrected chi connectivity index (χ1v) is 11.6. The van der Waals surface area contributed by atoms with Gasteiger partial charge in [0.15, 0.2) is 0 Å². The fourth-order valence-corrected chi connectivity index (χ4v) is 6.33. The molecule has 0 aliphatic heterocycles. The number of hydrogen-bond acceptors (Lipinski definition) is 4. The summed E-state index contributed by atoms with van der Waals surface area (Å²) < 4.78 is 0. The molecular weight excluding hydrogens is 364 g/mol. The van der Waals surface area contributed by atoms with Crippen LogP contribution in [0.5, 0.6) is 0 Å². The molecule has 4 aliphatic rings. The molecule has 4 heteroatoms. The van der Waals surface area contributed by atoms with Gasteiger partial charge in [0, 0.05) is 25.7 Å². The van der Waals surface area contributed by atoms with Crippen molar-refractivity contribution in [3.8, 4) is 0 Å². The number of allylic oxidation sites excluding steroid dienone is 1. The normalized spacial score (nSPS) is 44.8. The molecule has 0 radical (unpaired) electrons. The average molecular weight is 405 g/mol. The van der Waals surface area contributed by atoms with Crippen LogP contribution in [0.4, 0.5) is 0 Å². The maximum Gasteiger partial charge on any atom is 0.135 e. The number of rotatable bonds is 1. The van der Waals surface area contributed by atoms with Crippen LogP contribution in [0.15, 0.2) is 12.2 Å². The van der Waals surface area contributed by atoms with Crippen molar-refractivity contribution in [1.29, 1.82) is 0 Å². The number of carbonyl (C=O) groups excluding carboxylic acids is 2. The van der Waals surface area contributed by atoms with Crippen LogP contribution in [0, 0.1) is 16.7 Å². The highest BCUT2D eigenvalue weighted by Gasteiger charge is 2.54. The Morgan fingerprint density at radius 1 is 0.862 bits per heavy atom. The van der Waals surface area contributed by atoms with Crippen molar-refractivity contribution in [2.24, 2.45) is 16.7 Å². The molecular formula is C25H40O4. The molecule has 0 heterocycles. The van der Waals surface area contributed by atoms with Gasteiger partial charge in [-0.2, -0.15) is 0 Å². The molecule has 164 valence electrons. The molecule has 0 spiro atoms. The number of carbonyl (C=O) groups is 2. The van der Waals surface area contributed by atoms with E-state index in [1.807, 2.05) is 6.92 Å². The van der Waals surface area contributed by atoms with Crippen LogP contribution < -0.4 is 0 Å². The Morgan fingerprint density at radius 3 is 1.97 bits per heavy atom. The van der Waals surface area contributed by atoms with Gasteiger partial charge in [0.2, 0.25) is 0 Å². The molecule has 29 heavy (non-hydrogen) atoms. The first-order valence-electron chi connectivity index (χ1n) is 11.6. The van der Waals surface area contributed by atoms with E-state index in [0.29, 0.717) is 31.6 Å². The molecule has 2 N–H and O–H groups in total. The third-order valence-electron chi connectivity index (χ3n) is 9.03. The molecule has 0 aromatic carbocycles. The van der Waals surface area contributed by atoms with Crippen molar-refractivity contribution in [2.75, 3.05) is 0 Å². The monoisotopic (exact) mass is 404 g/mol. The van der Waals surface area contributed by atoms with Gasteiger partial charge in [-0.05, 0) is 68.6 Å². The number of ketones is 2. The fraction of sp³-hybridized carbons (Fsp3) is 0.840. The second kappa shape index (κ2) is 7.92. The summed E-state index contributed by atoms with van der Waals surface area (Å²) in [5.74, 6) is 0.869. The van der Waals surface area contributed by atoms with E-state index in [2.05, 4.69) is 20.4 Å². The topological polar surface area (TPSA) is 74.6 Å². The van der Waals surface area contributed by atoms with Crippen molar-refractivity contribution in [3.05, 3.63) is 12.2 Å². The molecule has 4 fully saturated rings. The second-order valence-corrected chi connectivity index (χ2v) is 11.1. The maximum atomic E-state index is 11.6. The highest BCUT2D eigenvalue weighted by molar-refractivity contribution is 5.81. The number of Topliss-reactive ketones (excluding diaryl/α,β-unsaturated/α-hetero) is 2. The molecule has 0 unspecified atom stereocenters. The lowest BCUT2D eigenvalue weighted by atomic mass is 9.54. The molecule has 4 nitrogen and oxygen atoms in total. The Kier molecular flexibility index (Phi) is 6.20. The molecule has 0 saturated heterocycles. The largest absolute Gasteiger partial charge is 0.389 e. The standard InChI is InChI=1S/C14H22O2.C11H18O2/c1-10(2)11-4-6-13(3)7-5-12(15)9-14(13,16)8-11;1-10-5-2-3-6-11(10,13)8-9(12)4-7-10/h11,16H,1,4-9H2,2-3H3;13H,2-8H2,1H3/t11-,13-,14-;10-,11-/m11/s1. The molecule has 0 bridgehead atoms. The minimum absolute atomic E-state index is 0.0269. The summed E-state index contributed by atoms with van der Waals surface area (Å²) >= 11 is 0. The number of fused-ring (bicyclic) bond motifs is 2. The van der Waals surface area contributed by atoms with Gasteiger partial charge in [0.05, 0.1) is 11.2 Å². The van der Waals surface area contributed by atoms with Crippen molar-refractivity contribution < 1.29 is 19.8 Å². The van der Waals surface area contributed by atoms with Crippen LogP contribution in [0.3, 0.4) is 0 Å². The molecule has 5 atom stereocenters. The van der Waals surface area contributed by atoms with Crippen LogP contribution >= 0.6 is 0 Å². The van der Waals surface area contributed by atoms with Gasteiger partial charge >= 0.3 is 0 Å². The minimum Gasteiger partial charge on any atom is -0.389 e. The summed E-state index contributed by atoms with van der Waals surface area (Å²) in [5.41, 5.74) is -0.315. The smallest absolute Gasteiger partial charge is 0.135 e. The highest BCUT2D eigenvalue weighted by atomic mass is 16.3. The minimum atomic E-state index is -0.774. The third-order valence-corrected chi connectivity index (χ3v) is 9.03. The zero-order valence-electron chi connectivity index (χ0n) is 18.7. The average Bonchev–Trinajstić information content (AvgIpc) is 2.63. The van der Waals surface area contributed by atoms with E-state index in [0.717, 1.165) is 56.9 Å². The Hall–Kier alpha value is -1.00. The van der Waals surface area contributed by atoms with Crippen molar-refractivity contribution in [1.82, 2.24) is 0 Å². The molecule has 4 saturated carbocycles. The van der Waals surface area contributed by atoms with Crippen LogP contribution in [-0.4, -0.2) is 33.0 Å². The molecule has 4 rings (SSSR count). The highest BCUT2D eigenvalue weighted by Crippen LogP contribution is 2.54. The Labute approximate surface area is 176 Å². The van der Waals surface area contributed by atoms with Crippen molar-refractivity contribution >= 4 is 11.6 Å². The van der Waals surface area contributed by atoms with Gasteiger partial charge in [-0.25, -0.2) is 0 Å². The summed E-state index contributed by atoms with van der Waals surface area (Å²) in [6.45, 7) is 10.3. The molecule has 4 aliphatic carbocycles. The first kappa shape index (κ1) is 22.7. The predicted octanol–water partition coefficient (Wildman–Crippen LogP) is 4.90. The quantitative estimate of drug-likeness (QED) is 0.609. The summed E-state index contributed by atoms with van der Waals surface area (Å²) in [6, 6.07) is 0. The fourth-order valence-electron chi connectivity index (χ4n) is 6.33. The van der Waals surface area contributed by atoms with Gasteiger partial charge in [0.25, 0.3) is 0 Å². The molecule has 0 aromatic heterocycles. The third kappa shape index (κ3) is 4.25. The van der Waals surface area contributed by atoms with E-state index in [9.17, 15) is 19.8 Å². The van der Waals surface area contributed by atoms with Crippen LogP contribution in [0.25, 0.3) is 0 Å². The SMILES string of the molecule is C=C(C)[C@@H]1CC[C@]2(C)CCC(=O)C[C@]2(O)C1.C[C@]12CCCC[C@@]1(O)CC(=O)CC2. The van der Waals surface area contributed by atoms with E-state index in [1.165, 1.54) is 6.42 Å². The lowest BCUT2D eigenvalue weighted by Crippen LogP contribution is -2.55. The van der Waals surface area contributed by atoms with E-state index in [4.69, 9.17) is 0 Å². The summed E-state index contributed by atoms with van der Waals surface area (Å²) in [7, 11) is 0. The van der Waals surface area contributed by atoms with Gasteiger partial charge in [-0.15, -0.1) is 0 Å². The van der Waals surface area contributed by atoms with Gasteiger partial charge in [0.1, 0.15) is 11.6 Å². The van der Waals surface area contributed by atoms with Gasteiger partial charge < -0.3 is 10.2 Å². The summed E-state index contributed by atoms with van der Waals surface area (Å²) in [6.07, 6.45) is 10.9. The van der Waals surface area contributed by atoms with Crippen LogP contribution in [0.2, 0.25) is 0 Å². The van der Waals surface area contributed by atoms with E-state index in [1.54, 1.807) is 0 Å². The first-order chi connectivity index (χ1) is 13.4. The van der Waals surface area contributed by atoms with E-state index < -0.39 is 11.2 Å². The molecule has 0 amide bonds. The van der Waals surface area contributed by atoms with Gasteiger partial charge in [-0.1, -0.05) is 38.8 Å². The number of hydrogen-bond donors (Lipinski definition) is 2.